The van der Waals surface area contributed by atoms with Crippen molar-refractivity contribution in [2.24, 2.45) is 0 Å². The van der Waals surface area contributed by atoms with Gasteiger partial charge in [0.2, 0.25) is 5.91 Å². The fourth-order valence-corrected chi connectivity index (χ4v) is 3.51. The Labute approximate surface area is 124 Å². The van der Waals surface area contributed by atoms with Gasteiger partial charge in [0.15, 0.2) is 0 Å². The number of carbonyl (C=O) groups excluding carboxylic acids is 1. The zero-order chi connectivity index (χ0) is 13.8. The Kier molecular flexibility index (Phi) is 4.87. The molecule has 0 aliphatic carbocycles. The molecule has 1 saturated heterocycles. The molecule has 6 heteroatoms. The minimum Gasteiger partial charge on any atom is -0.480 e. The van der Waals surface area contributed by atoms with Gasteiger partial charge in [-0.25, -0.2) is 4.79 Å². The smallest absolute Gasteiger partial charge is 0.327 e. The third-order valence-corrected chi connectivity index (χ3v) is 4.49. The van der Waals surface area contributed by atoms with Crippen LogP contribution >= 0.6 is 27.7 Å². The number of amides is 1. The molecule has 1 fully saturated rings. The molecule has 0 spiro atoms. The minimum atomic E-state index is -0.921. The van der Waals surface area contributed by atoms with Gasteiger partial charge in [-0.05, 0) is 17.7 Å². The number of rotatable bonds is 3. The molecule has 2 rings (SSSR count). The molecular formula is C13H14BrNO3S. The number of halogens is 1. The van der Waals surface area contributed by atoms with Crippen LogP contribution in [0.3, 0.4) is 0 Å². The maximum Gasteiger partial charge on any atom is 0.327 e. The molecule has 1 atom stereocenters. The van der Waals surface area contributed by atoms with Gasteiger partial charge in [0, 0.05) is 22.5 Å². The third-order valence-electron chi connectivity index (χ3n) is 2.98. The first-order valence-corrected chi connectivity index (χ1v) is 7.87. The molecule has 4 nitrogen and oxygen atoms in total. The quantitative estimate of drug-likeness (QED) is 0.912. The van der Waals surface area contributed by atoms with Gasteiger partial charge in [-0.1, -0.05) is 28.1 Å². The highest BCUT2D eigenvalue weighted by atomic mass is 79.9. The van der Waals surface area contributed by atoms with Crippen LogP contribution in [0.5, 0.6) is 0 Å². The van der Waals surface area contributed by atoms with E-state index in [0.29, 0.717) is 12.3 Å². The predicted octanol–water partition coefficient (Wildman–Crippen LogP) is 2.02. The second kappa shape index (κ2) is 6.43. The third kappa shape index (κ3) is 3.73. The molecule has 0 saturated carbocycles. The molecule has 1 N–H and O–H groups in total. The topological polar surface area (TPSA) is 57.6 Å². The van der Waals surface area contributed by atoms with E-state index in [-0.39, 0.29) is 12.3 Å². The lowest BCUT2D eigenvalue weighted by Crippen LogP contribution is -2.50. The van der Waals surface area contributed by atoms with Crippen molar-refractivity contribution in [2.45, 2.75) is 12.5 Å². The lowest BCUT2D eigenvalue weighted by atomic mass is 10.1. The number of aliphatic carboxylic acids is 1. The van der Waals surface area contributed by atoms with Gasteiger partial charge >= 0.3 is 5.97 Å². The summed E-state index contributed by atoms with van der Waals surface area (Å²) in [5.41, 5.74) is 0.891. The van der Waals surface area contributed by atoms with Crippen LogP contribution in [0.2, 0.25) is 0 Å². The van der Waals surface area contributed by atoms with Crippen molar-refractivity contribution >= 4 is 39.6 Å². The van der Waals surface area contributed by atoms with E-state index in [4.69, 9.17) is 5.11 Å². The number of hydrogen-bond acceptors (Lipinski definition) is 3. The van der Waals surface area contributed by atoms with Gasteiger partial charge in [-0.2, -0.15) is 11.8 Å². The molecule has 1 amide bonds. The van der Waals surface area contributed by atoms with Gasteiger partial charge in [-0.15, -0.1) is 0 Å². The molecule has 1 heterocycles. The summed E-state index contributed by atoms with van der Waals surface area (Å²) in [7, 11) is 0. The van der Waals surface area contributed by atoms with Crippen LogP contribution in [0.1, 0.15) is 5.56 Å². The van der Waals surface area contributed by atoms with Crippen LogP contribution in [0.25, 0.3) is 0 Å². The van der Waals surface area contributed by atoms with Crippen molar-refractivity contribution in [3.8, 4) is 0 Å². The number of carbonyl (C=O) groups is 2. The van der Waals surface area contributed by atoms with E-state index in [0.717, 1.165) is 15.8 Å². The number of nitrogens with zero attached hydrogens (tertiary/aromatic N) is 1. The minimum absolute atomic E-state index is 0.120. The van der Waals surface area contributed by atoms with Crippen molar-refractivity contribution in [3.05, 3.63) is 34.3 Å². The van der Waals surface area contributed by atoms with E-state index in [1.165, 1.54) is 4.90 Å². The molecule has 0 aromatic heterocycles. The highest BCUT2D eigenvalue weighted by Crippen LogP contribution is 2.19. The van der Waals surface area contributed by atoms with Crippen molar-refractivity contribution in [1.29, 1.82) is 0 Å². The SMILES string of the molecule is O=C(O)C1CSCCN1C(=O)Cc1cccc(Br)c1. The molecule has 1 aliphatic heterocycles. The standard InChI is InChI=1S/C13H14BrNO3S/c14-10-3-1-2-9(6-10)7-12(16)15-4-5-19-8-11(15)13(17)18/h1-3,6,11H,4-5,7-8H2,(H,17,18). The largest absolute Gasteiger partial charge is 0.480 e. The summed E-state index contributed by atoms with van der Waals surface area (Å²) in [6, 6.07) is 6.82. The van der Waals surface area contributed by atoms with Crippen LogP contribution in [-0.2, 0) is 16.0 Å². The lowest BCUT2D eigenvalue weighted by Gasteiger charge is -2.32. The zero-order valence-corrected chi connectivity index (χ0v) is 12.6. The normalized spacial score (nSPS) is 19.2. The maximum atomic E-state index is 12.2. The van der Waals surface area contributed by atoms with Crippen LogP contribution < -0.4 is 0 Å². The van der Waals surface area contributed by atoms with E-state index in [9.17, 15) is 9.59 Å². The summed E-state index contributed by atoms with van der Waals surface area (Å²) in [5, 5.41) is 9.15. The van der Waals surface area contributed by atoms with Crippen LogP contribution in [0, 0.1) is 0 Å². The monoisotopic (exact) mass is 343 g/mol. The fourth-order valence-electron chi connectivity index (χ4n) is 2.03. The van der Waals surface area contributed by atoms with Crippen molar-refractivity contribution in [1.82, 2.24) is 4.90 Å². The molecule has 1 aromatic rings. The molecule has 102 valence electrons. The Morgan fingerprint density at radius 2 is 2.26 bits per heavy atom. The van der Waals surface area contributed by atoms with Crippen molar-refractivity contribution < 1.29 is 14.7 Å². The van der Waals surface area contributed by atoms with Gasteiger partial charge in [0.25, 0.3) is 0 Å². The van der Waals surface area contributed by atoms with Gasteiger partial charge < -0.3 is 10.0 Å². The van der Waals surface area contributed by atoms with E-state index < -0.39 is 12.0 Å². The molecular weight excluding hydrogens is 330 g/mol. The molecule has 19 heavy (non-hydrogen) atoms. The molecule has 0 radical (unpaired) electrons. The number of thioether (sulfide) groups is 1. The molecule has 1 unspecified atom stereocenters. The van der Waals surface area contributed by atoms with Crippen LogP contribution in [0.4, 0.5) is 0 Å². The summed E-state index contributed by atoms with van der Waals surface area (Å²) in [5.74, 6) is 0.230. The Balaban J connectivity index is 2.07. The Morgan fingerprint density at radius 3 is 2.95 bits per heavy atom. The van der Waals surface area contributed by atoms with Gasteiger partial charge in [0.05, 0.1) is 6.42 Å². The van der Waals surface area contributed by atoms with Gasteiger partial charge in [0.1, 0.15) is 6.04 Å². The Hall–Kier alpha value is -1.01. The highest BCUT2D eigenvalue weighted by Gasteiger charge is 2.32. The first-order valence-electron chi connectivity index (χ1n) is 5.92. The van der Waals surface area contributed by atoms with Crippen LogP contribution in [0.15, 0.2) is 28.7 Å². The Morgan fingerprint density at radius 1 is 1.47 bits per heavy atom. The van der Waals surface area contributed by atoms with Crippen molar-refractivity contribution in [3.63, 3.8) is 0 Å². The van der Waals surface area contributed by atoms with Crippen molar-refractivity contribution in [2.75, 3.05) is 18.1 Å². The van der Waals surface area contributed by atoms with E-state index in [1.807, 2.05) is 24.3 Å². The second-order valence-corrected chi connectivity index (χ2v) is 6.39. The van der Waals surface area contributed by atoms with E-state index in [1.54, 1.807) is 11.8 Å². The first-order chi connectivity index (χ1) is 9.08. The number of carboxylic acid groups (broad SMARTS) is 1. The Bertz CT molecular complexity index is 495. The van der Waals surface area contributed by atoms with E-state index in [2.05, 4.69) is 15.9 Å². The van der Waals surface area contributed by atoms with Crippen LogP contribution in [-0.4, -0.2) is 46.0 Å². The summed E-state index contributed by atoms with van der Waals surface area (Å²) >= 11 is 4.94. The van der Waals surface area contributed by atoms with Gasteiger partial charge in [-0.3, -0.25) is 4.79 Å². The number of benzene rings is 1. The second-order valence-electron chi connectivity index (χ2n) is 4.32. The number of hydrogen-bond donors (Lipinski definition) is 1. The average Bonchev–Trinajstić information content (AvgIpc) is 2.38. The molecule has 0 bridgehead atoms. The first kappa shape index (κ1) is 14.4. The van der Waals surface area contributed by atoms with E-state index >= 15 is 0 Å². The average molecular weight is 344 g/mol. The summed E-state index contributed by atoms with van der Waals surface area (Å²) < 4.78 is 0.918. The molecule has 1 aromatic carbocycles. The fraction of sp³-hybridized carbons (Fsp3) is 0.385. The summed E-state index contributed by atoms with van der Waals surface area (Å²) in [6.07, 6.45) is 0.244. The summed E-state index contributed by atoms with van der Waals surface area (Å²) in [6.45, 7) is 0.508. The maximum absolute atomic E-state index is 12.2. The molecule has 1 aliphatic rings. The lowest BCUT2D eigenvalue weighted by molar-refractivity contribution is -0.148. The predicted molar refractivity (Wildman–Crippen MR) is 78.3 cm³/mol. The summed E-state index contributed by atoms with van der Waals surface area (Å²) in [4.78, 5) is 24.9. The highest BCUT2D eigenvalue weighted by molar-refractivity contribution is 9.10. The number of carboxylic acids is 1. The zero-order valence-electron chi connectivity index (χ0n) is 10.2.